The average Bonchev–Trinajstić information content (AvgIpc) is 2.21. The molecule has 0 aliphatic heterocycles. The van der Waals surface area contributed by atoms with E-state index in [1.807, 2.05) is 0 Å². The van der Waals surface area contributed by atoms with Gasteiger partial charge in [0.2, 0.25) is 0 Å². The molecule has 3 nitrogen and oxygen atoms in total. The molecule has 0 radical (unpaired) electrons. The summed E-state index contributed by atoms with van der Waals surface area (Å²) in [4.78, 5) is 7.21. The van der Waals surface area contributed by atoms with Crippen molar-refractivity contribution in [1.82, 2.24) is 9.97 Å². The van der Waals surface area contributed by atoms with Gasteiger partial charge in [0.05, 0.1) is 9.30 Å². The number of aryl methyl sites for hydroxylation is 1. The first kappa shape index (κ1) is 3.50. The molecule has 1 heterocycles. The molecule has 1 aromatic rings. The third kappa shape index (κ3) is 2.34. The highest BCUT2D eigenvalue weighted by atomic mass is 35.5. The SMILES string of the molecule is [2H]C([2H])([2H])C([2H])([2H])C([2H])([2H])Oc1ncc(C)c(Cl)n1. The summed E-state index contributed by atoms with van der Waals surface area (Å²) in [5.41, 5.74) is 0.522. The van der Waals surface area contributed by atoms with Crippen LogP contribution in [0, 0.1) is 6.92 Å². The van der Waals surface area contributed by atoms with Gasteiger partial charge in [-0.3, -0.25) is 0 Å². The van der Waals surface area contributed by atoms with E-state index in [9.17, 15) is 0 Å². The molecule has 66 valence electrons. The standard InChI is InChI=1S/C8H11ClN2O/c1-3-4-12-8-10-5-6(2)7(9)11-8/h5H,3-4H2,1-2H3/i1D3,3D2,4D2. The Balaban J connectivity index is 3.05. The molecule has 1 aromatic heterocycles. The molecule has 0 atom stereocenters. The van der Waals surface area contributed by atoms with Gasteiger partial charge < -0.3 is 4.74 Å². The zero-order valence-electron chi connectivity index (χ0n) is 13.3. The fourth-order valence-electron chi connectivity index (χ4n) is 0.527. The van der Waals surface area contributed by atoms with Crippen LogP contribution in [0.3, 0.4) is 0 Å². The molecule has 0 spiro atoms. The summed E-state index contributed by atoms with van der Waals surface area (Å²) < 4.78 is 55.2. The number of ether oxygens (including phenoxy) is 1. The van der Waals surface area contributed by atoms with Gasteiger partial charge in [-0.25, -0.2) is 4.98 Å². The molecule has 0 fully saturated rings. The van der Waals surface area contributed by atoms with Crippen LogP contribution >= 0.6 is 11.6 Å². The minimum atomic E-state index is -3.24. The molecule has 0 aliphatic rings. The van der Waals surface area contributed by atoms with Crippen LogP contribution in [-0.4, -0.2) is 16.5 Å². The maximum atomic E-state index is 7.43. The van der Waals surface area contributed by atoms with Crippen LogP contribution in [0.5, 0.6) is 6.01 Å². The smallest absolute Gasteiger partial charge is 0.317 e. The van der Waals surface area contributed by atoms with Gasteiger partial charge in [0.15, 0.2) is 0 Å². The summed E-state index contributed by atoms with van der Waals surface area (Å²) in [5, 5.41) is 0.00949. The normalized spacial score (nSPS) is 22.0. The Hall–Kier alpha value is -0.830. The number of hydrogen-bond acceptors (Lipinski definition) is 3. The third-order valence-electron chi connectivity index (χ3n) is 1.08. The number of halogens is 1. The van der Waals surface area contributed by atoms with Gasteiger partial charge in [-0.1, -0.05) is 18.5 Å². The van der Waals surface area contributed by atoms with E-state index in [0.29, 0.717) is 5.56 Å². The summed E-state index contributed by atoms with van der Waals surface area (Å²) in [6.07, 6.45) is -1.98. The molecule has 0 amide bonds. The highest BCUT2D eigenvalue weighted by Crippen LogP contribution is 2.13. The van der Waals surface area contributed by atoms with E-state index in [0.717, 1.165) is 0 Å². The summed E-state index contributed by atoms with van der Waals surface area (Å²) >= 11 is 5.69. The fraction of sp³-hybridized carbons (Fsp3) is 0.500. The quantitative estimate of drug-likeness (QED) is 0.691. The number of hydrogen-bond donors (Lipinski definition) is 0. The lowest BCUT2D eigenvalue weighted by atomic mass is 10.4. The van der Waals surface area contributed by atoms with Crippen LogP contribution < -0.4 is 4.74 Å². The van der Waals surface area contributed by atoms with Gasteiger partial charge in [-0.2, -0.15) is 4.98 Å². The average molecular weight is 194 g/mol. The van der Waals surface area contributed by atoms with Crippen molar-refractivity contribution in [2.75, 3.05) is 6.56 Å². The number of rotatable bonds is 3. The molecule has 4 heteroatoms. The Kier molecular flexibility index (Phi) is 1.24. The lowest BCUT2D eigenvalue weighted by Crippen LogP contribution is -2.00. The predicted molar refractivity (Wildman–Crippen MR) is 47.6 cm³/mol. The lowest BCUT2D eigenvalue weighted by molar-refractivity contribution is 0.292. The fourth-order valence-corrected chi connectivity index (χ4v) is 0.648. The Morgan fingerprint density at radius 1 is 1.83 bits per heavy atom. The van der Waals surface area contributed by atoms with Crippen LogP contribution in [0.1, 0.15) is 28.4 Å². The van der Waals surface area contributed by atoms with Gasteiger partial charge in [-0.15, -0.1) is 0 Å². The molecule has 12 heavy (non-hydrogen) atoms. The summed E-state index contributed by atoms with van der Waals surface area (Å²) in [6.45, 7) is -4.73. The zero-order chi connectivity index (χ0) is 15.1. The van der Waals surface area contributed by atoms with Crippen molar-refractivity contribution in [3.63, 3.8) is 0 Å². The van der Waals surface area contributed by atoms with Crippen molar-refractivity contribution < 1.29 is 14.3 Å². The maximum absolute atomic E-state index is 7.43. The monoisotopic (exact) mass is 193 g/mol. The van der Waals surface area contributed by atoms with Crippen LogP contribution in [-0.2, 0) is 0 Å². The molecule has 0 N–H and O–H groups in total. The number of aromatic nitrogens is 2. The Morgan fingerprint density at radius 2 is 2.67 bits per heavy atom. The molecule has 0 bridgehead atoms. The first-order valence-corrected chi connectivity index (χ1v) is 3.44. The Bertz CT molecular complexity index is 477. The molecule has 0 unspecified atom stereocenters. The van der Waals surface area contributed by atoms with Crippen molar-refractivity contribution in [2.45, 2.75) is 20.1 Å². The Morgan fingerprint density at radius 3 is 3.33 bits per heavy atom. The summed E-state index contributed by atoms with van der Waals surface area (Å²) in [6, 6.07) is -0.534. The highest BCUT2D eigenvalue weighted by molar-refractivity contribution is 6.30. The molecule has 0 saturated heterocycles. The second kappa shape index (κ2) is 4.26. The van der Waals surface area contributed by atoms with Gasteiger partial charge in [0, 0.05) is 18.6 Å². The zero-order valence-corrected chi connectivity index (χ0v) is 7.01. The van der Waals surface area contributed by atoms with E-state index >= 15 is 0 Å². The second-order valence-corrected chi connectivity index (χ2v) is 2.31. The van der Waals surface area contributed by atoms with Gasteiger partial charge in [0.1, 0.15) is 5.15 Å². The molecular weight excluding hydrogens is 176 g/mol. The Labute approximate surface area is 86.6 Å². The van der Waals surface area contributed by atoms with Crippen LogP contribution in [0.15, 0.2) is 6.20 Å². The van der Waals surface area contributed by atoms with Crippen molar-refractivity contribution in [2.24, 2.45) is 0 Å². The first-order chi connectivity index (χ1) is 8.38. The predicted octanol–water partition coefficient (Wildman–Crippen LogP) is 2.23. The van der Waals surface area contributed by atoms with Gasteiger partial charge in [0.25, 0.3) is 0 Å². The lowest BCUT2D eigenvalue weighted by Gasteiger charge is -2.02. The minimum absolute atomic E-state index is 0.00949. The van der Waals surface area contributed by atoms with Crippen molar-refractivity contribution >= 4 is 11.6 Å². The largest absolute Gasteiger partial charge is 0.463 e. The third-order valence-corrected chi connectivity index (χ3v) is 1.46. The van der Waals surface area contributed by atoms with Crippen molar-refractivity contribution in [3.05, 3.63) is 16.9 Å². The number of nitrogens with zero attached hydrogens (tertiary/aromatic N) is 2. The highest BCUT2D eigenvalue weighted by Gasteiger charge is 2.00. The maximum Gasteiger partial charge on any atom is 0.317 e. The van der Waals surface area contributed by atoms with Gasteiger partial charge in [-0.05, 0) is 13.3 Å². The molecular formula is C8H11ClN2O. The minimum Gasteiger partial charge on any atom is -0.463 e. The topological polar surface area (TPSA) is 35.0 Å². The van der Waals surface area contributed by atoms with E-state index in [4.69, 9.17) is 21.2 Å². The van der Waals surface area contributed by atoms with E-state index < -0.39 is 25.8 Å². The van der Waals surface area contributed by atoms with Crippen LogP contribution in [0.2, 0.25) is 5.15 Å². The van der Waals surface area contributed by atoms with Crippen molar-refractivity contribution in [1.29, 1.82) is 0 Å². The summed E-state index contributed by atoms with van der Waals surface area (Å²) in [7, 11) is 0. The molecule has 0 aliphatic carbocycles. The first-order valence-electron chi connectivity index (χ1n) is 6.56. The van der Waals surface area contributed by atoms with Gasteiger partial charge >= 0.3 is 6.01 Å². The van der Waals surface area contributed by atoms with Crippen LogP contribution in [0.4, 0.5) is 0 Å². The second-order valence-electron chi connectivity index (χ2n) is 1.96. The van der Waals surface area contributed by atoms with E-state index in [-0.39, 0.29) is 5.15 Å². The van der Waals surface area contributed by atoms with E-state index in [2.05, 4.69) is 14.7 Å². The van der Waals surface area contributed by atoms with E-state index in [1.54, 1.807) is 6.92 Å². The van der Waals surface area contributed by atoms with Crippen molar-refractivity contribution in [3.8, 4) is 6.01 Å². The molecule has 1 rings (SSSR count). The van der Waals surface area contributed by atoms with Crippen LogP contribution in [0.25, 0.3) is 0 Å². The van der Waals surface area contributed by atoms with E-state index in [1.165, 1.54) is 6.20 Å². The summed E-state index contributed by atoms with van der Waals surface area (Å²) in [5.74, 6) is 0. The molecule has 0 aromatic carbocycles. The molecule has 0 saturated carbocycles.